The Hall–Kier alpha value is -2.60. The SMILES string of the molecule is Cc1cccc(-c2nnc(SCC(=O)NC(C)C)n2-c2ccccc2)c1. The summed E-state index contributed by atoms with van der Waals surface area (Å²) in [5.41, 5.74) is 3.14. The number of thioether (sulfide) groups is 1. The fraction of sp³-hybridized carbons (Fsp3) is 0.250. The Bertz CT molecular complexity index is 890. The quantitative estimate of drug-likeness (QED) is 0.673. The lowest BCUT2D eigenvalue weighted by molar-refractivity contribution is -0.119. The van der Waals surface area contributed by atoms with E-state index < -0.39 is 0 Å². The van der Waals surface area contributed by atoms with Gasteiger partial charge in [-0.3, -0.25) is 9.36 Å². The molecular formula is C20H22N4OS. The van der Waals surface area contributed by atoms with Crippen LogP contribution in [0.3, 0.4) is 0 Å². The molecule has 0 unspecified atom stereocenters. The third-order valence-corrected chi connectivity index (χ3v) is 4.63. The minimum absolute atomic E-state index is 0.00952. The van der Waals surface area contributed by atoms with Gasteiger partial charge in [0.05, 0.1) is 5.75 Å². The number of rotatable bonds is 6. The Morgan fingerprint density at radius 3 is 2.58 bits per heavy atom. The van der Waals surface area contributed by atoms with Crippen molar-refractivity contribution in [3.8, 4) is 17.1 Å². The molecule has 0 bridgehead atoms. The molecule has 0 aliphatic rings. The number of aromatic nitrogens is 3. The van der Waals surface area contributed by atoms with Crippen molar-refractivity contribution in [3.63, 3.8) is 0 Å². The van der Waals surface area contributed by atoms with Crippen LogP contribution >= 0.6 is 11.8 Å². The molecule has 1 amide bonds. The van der Waals surface area contributed by atoms with Gasteiger partial charge in [0.15, 0.2) is 11.0 Å². The highest BCUT2D eigenvalue weighted by Gasteiger charge is 2.17. The molecule has 0 atom stereocenters. The van der Waals surface area contributed by atoms with Crippen LogP contribution in [0.5, 0.6) is 0 Å². The summed E-state index contributed by atoms with van der Waals surface area (Å²) < 4.78 is 2.00. The van der Waals surface area contributed by atoms with Crippen molar-refractivity contribution in [1.82, 2.24) is 20.1 Å². The molecular weight excluding hydrogens is 344 g/mol. The molecule has 0 aliphatic heterocycles. The van der Waals surface area contributed by atoms with Crippen molar-refractivity contribution in [2.24, 2.45) is 0 Å². The van der Waals surface area contributed by atoms with Crippen molar-refractivity contribution >= 4 is 17.7 Å². The number of para-hydroxylation sites is 1. The maximum absolute atomic E-state index is 12.0. The van der Waals surface area contributed by atoms with Gasteiger partial charge in [-0.1, -0.05) is 53.7 Å². The maximum Gasteiger partial charge on any atom is 0.230 e. The van der Waals surface area contributed by atoms with Crippen LogP contribution in [-0.4, -0.2) is 32.5 Å². The molecule has 0 aliphatic carbocycles. The van der Waals surface area contributed by atoms with Crippen LogP contribution < -0.4 is 5.32 Å². The van der Waals surface area contributed by atoms with Gasteiger partial charge in [0.1, 0.15) is 0 Å². The van der Waals surface area contributed by atoms with Crippen molar-refractivity contribution < 1.29 is 4.79 Å². The smallest absolute Gasteiger partial charge is 0.230 e. The summed E-state index contributed by atoms with van der Waals surface area (Å²) in [5, 5.41) is 12.4. The molecule has 1 heterocycles. The number of nitrogens with zero attached hydrogens (tertiary/aromatic N) is 3. The molecule has 0 saturated heterocycles. The van der Waals surface area contributed by atoms with Gasteiger partial charge in [0.25, 0.3) is 0 Å². The van der Waals surface area contributed by atoms with E-state index in [1.54, 1.807) is 0 Å². The summed E-state index contributed by atoms with van der Waals surface area (Å²) in [7, 11) is 0. The van der Waals surface area contributed by atoms with Gasteiger partial charge in [0.2, 0.25) is 5.91 Å². The first-order valence-electron chi connectivity index (χ1n) is 8.54. The zero-order valence-electron chi connectivity index (χ0n) is 15.1. The van der Waals surface area contributed by atoms with E-state index in [4.69, 9.17) is 0 Å². The van der Waals surface area contributed by atoms with Gasteiger partial charge in [-0.2, -0.15) is 0 Å². The van der Waals surface area contributed by atoms with Crippen LogP contribution in [0.1, 0.15) is 19.4 Å². The number of carbonyl (C=O) groups excluding carboxylic acids is 1. The van der Waals surface area contributed by atoms with Gasteiger partial charge < -0.3 is 5.32 Å². The number of hydrogen-bond donors (Lipinski definition) is 1. The van der Waals surface area contributed by atoms with E-state index in [0.717, 1.165) is 22.6 Å². The summed E-state index contributed by atoms with van der Waals surface area (Å²) in [6, 6.07) is 18.3. The summed E-state index contributed by atoms with van der Waals surface area (Å²) in [5.74, 6) is 1.06. The maximum atomic E-state index is 12.0. The molecule has 2 aromatic carbocycles. The monoisotopic (exact) mass is 366 g/mol. The third kappa shape index (κ3) is 4.32. The minimum atomic E-state index is -0.00952. The molecule has 0 saturated carbocycles. The first-order chi connectivity index (χ1) is 12.5. The fourth-order valence-corrected chi connectivity index (χ4v) is 3.40. The number of benzene rings is 2. The van der Waals surface area contributed by atoms with Crippen LogP contribution in [0, 0.1) is 6.92 Å². The molecule has 5 nitrogen and oxygen atoms in total. The average molecular weight is 366 g/mol. The van der Waals surface area contributed by atoms with Gasteiger partial charge in [0, 0.05) is 17.3 Å². The van der Waals surface area contributed by atoms with Crippen molar-refractivity contribution in [1.29, 1.82) is 0 Å². The van der Waals surface area contributed by atoms with Crippen LogP contribution in [0.2, 0.25) is 0 Å². The van der Waals surface area contributed by atoms with E-state index in [0.29, 0.717) is 10.9 Å². The Morgan fingerprint density at radius 1 is 1.12 bits per heavy atom. The number of hydrogen-bond acceptors (Lipinski definition) is 4. The molecule has 0 spiro atoms. The topological polar surface area (TPSA) is 59.8 Å². The first-order valence-corrected chi connectivity index (χ1v) is 9.53. The third-order valence-electron chi connectivity index (χ3n) is 3.71. The van der Waals surface area contributed by atoms with Crippen LogP contribution in [0.25, 0.3) is 17.1 Å². The van der Waals surface area contributed by atoms with E-state index >= 15 is 0 Å². The van der Waals surface area contributed by atoms with Gasteiger partial charge in [-0.25, -0.2) is 0 Å². The predicted octanol–water partition coefficient (Wildman–Crippen LogP) is 3.86. The average Bonchev–Trinajstić information content (AvgIpc) is 3.04. The van der Waals surface area contributed by atoms with Crippen molar-refractivity contribution in [3.05, 3.63) is 60.2 Å². The van der Waals surface area contributed by atoms with E-state index in [9.17, 15) is 4.79 Å². The molecule has 134 valence electrons. The molecule has 6 heteroatoms. The van der Waals surface area contributed by atoms with Crippen LogP contribution in [0.4, 0.5) is 0 Å². The van der Waals surface area contributed by atoms with E-state index in [-0.39, 0.29) is 11.9 Å². The molecule has 26 heavy (non-hydrogen) atoms. The molecule has 3 rings (SSSR count). The molecule has 0 fully saturated rings. The molecule has 0 radical (unpaired) electrons. The summed E-state index contributed by atoms with van der Waals surface area (Å²) in [6.07, 6.45) is 0. The lowest BCUT2D eigenvalue weighted by Crippen LogP contribution is -2.31. The first kappa shape index (κ1) is 18.2. The van der Waals surface area contributed by atoms with E-state index in [1.165, 1.54) is 11.8 Å². The largest absolute Gasteiger partial charge is 0.353 e. The lowest BCUT2D eigenvalue weighted by Gasteiger charge is -2.11. The predicted molar refractivity (Wildman–Crippen MR) is 106 cm³/mol. The summed E-state index contributed by atoms with van der Waals surface area (Å²) >= 11 is 1.39. The van der Waals surface area contributed by atoms with Gasteiger partial charge in [-0.05, 0) is 39.0 Å². The normalized spacial score (nSPS) is 10.9. The Balaban J connectivity index is 1.96. The minimum Gasteiger partial charge on any atom is -0.353 e. The number of nitrogens with one attached hydrogen (secondary N) is 1. The zero-order chi connectivity index (χ0) is 18.5. The van der Waals surface area contributed by atoms with Gasteiger partial charge in [-0.15, -0.1) is 10.2 Å². The molecule has 3 aromatic rings. The molecule has 1 aromatic heterocycles. The number of amides is 1. The van der Waals surface area contributed by atoms with E-state index in [1.807, 2.05) is 60.9 Å². The standard InChI is InChI=1S/C20H22N4OS/c1-14(2)21-18(25)13-26-20-23-22-19(16-9-7-8-15(3)12-16)24(20)17-10-5-4-6-11-17/h4-12,14H,13H2,1-3H3,(H,21,25). The fourth-order valence-electron chi connectivity index (χ4n) is 2.64. The highest BCUT2D eigenvalue weighted by molar-refractivity contribution is 7.99. The second kappa shape index (κ2) is 8.19. The Kier molecular flexibility index (Phi) is 5.73. The highest BCUT2D eigenvalue weighted by Crippen LogP contribution is 2.28. The van der Waals surface area contributed by atoms with Crippen molar-refractivity contribution in [2.45, 2.75) is 32.0 Å². The van der Waals surface area contributed by atoms with Crippen LogP contribution in [-0.2, 0) is 4.79 Å². The molecule has 1 N–H and O–H groups in total. The number of aryl methyl sites for hydroxylation is 1. The Morgan fingerprint density at radius 2 is 1.88 bits per heavy atom. The van der Waals surface area contributed by atoms with Gasteiger partial charge >= 0.3 is 0 Å². The number of carbonyl (C=O) groups is 1. The second-order valence-corrected chi connectivity index (χ2v) is 7.30. The summed E-state index contributed by atoms with van der Waals surface area (Å²) in [4.78, 5) is 12.0. The highest BCUT2D eigenvalue weighted by atomic mass is 32.2. The zero-order valence-corrected chi connectivity index (χ0v) is 16.0. The Labute approximate surface area is 157 Å². The lowest BCUT2D eigenvalue weighted by atomic mass is 10.1. The van der Waals surface area contributed by atoms with Crippen LogP contribution in [0.15, 0.2) is 59.8 Å². The van der Waals surface area contributed by atoms with E-state index in [2.05, 4.69) is 34.6 Å². The summed E-state index contributed by atoms with van der Waals surface area (Å²) in [6.45, 7) is 5.95. The van der Waals surface area contributed by atoms with Crippen molar-refractivity contribution in [2.75, 3.05) is 5.75 Å². The second-order valence-electron chi connectivity index (χ2n) is 6.36.